The van der Waals surface area contributed by atoms with Crippen LogP contribution in [0.15, 0.2) is 0 Å². The van der Waals surface area contributed by atoms with E-state index in [1.54, 1.807) is 14.7 Å². The van der Waals surface area contributed by atoms with Crippen molar-refractivity contribution < 1.29 is 58.2 Å². The Labute approximate surface area is 264 Å². The van der Waals surface area contributed by atoms with Crippen molar-refractivity contribution in [2.45, 2.75) is 13.3 Å². The second kappa shape index (κ2) is 25.4. The number of hydrogen-bond acceptors (Lipinski definition) is 13. The van der Waals surface area contributed by atoms with Crippen molar-refractivity contribution in [1.82, 2.24) is 24.9 Å². The van der Waals surface area contributed by atoms with Crippen LogP contribution in [0.3, 0.4) is 0 Å². The van der Waals surface area contributed by atoms with Crippen molar-refractivity contribution in [3.8, 4) is 0 Å². The highest BCUT2D eigenvalue weighted by molar-refractivity contribution is 5.78. The first-order valence-corrected chi connectivity index (χ1v) is 15.2. The maximum Gasteiger partial charge on any atom is 0.317 e. The van der Waals surface area contributed by atoms with Gasteiger partial charge in [0.2, 0.25) is 5.91 Å². The summed E-state index contributed by atoms with van der Waals surface area (Å²) in [5, 5.41) is 30.7. The summed E-state index contributed by atoms with van der Waals surface area (Å²) in [5.74, 6) is -3.19. The van der Waals surface area contributed by atoms with Gasteiger partial charge in [-0.15, -0.1) is 0 Å². The van der Waals surface area contributed by atoms with E-state index in [-0.39, 0.29) is 51.0 Å². The Hall–Kier alpha value is -2.77. The molecule has 17 heteroatoms. The van der Waals surface area contributed by atoms with Crippen molar-refractivity contribution in [3.63, 3.8) is 0 Å². The molecule has 1 aliphatic rings. The second-order valence-corrected chi connectivity index (χ2v) is 10.5. The van der Waals surface area contributed by atoms with E-state index < -0.39 is 17.9 Å². The van der Waals surface area contributed by atoms with Crippen LogP contribution in [0.2, 0.25) is 0 Å². The van der Waals surface area contributed by atoms with Gasteiger partial charge in [0.15, 0.2) is 0 Å². The zero-order chi connectivity index (χ0) is 33.3. The molecular formula is C28H51N5O12. The molecule has 0 saturated carbocycles. The van der Waals surface area contributed by atoms with Gasteiger partial charge in [0, 0.05) is 65.3 Å². The van der Waals surface area contributed by atoms with E-state index in [4.69, 9.17) is 18.9 Å². The first kappa shape index (κ1) is 40.3. The molecule has 4 N–H and O–H groups in total. The fraction of sp³-hybridized carbons (Fsp3) is 0.821. The highest BCUT2D eigenvalue weighted by atomic mass is 16.6. The molecule has 17 nitrogen and oxygen atoms in total. The number of aliphatic carboxylic acids is 3. The summed E-state index contributed by atoms with van der Waals surface area (Å²) in [6.45, 7) is 6.84. The summed E-state index contributed by atoms with van der Waals surface area (Å²) >= 11 is 0. The third-order valence-electron chi connectivity index (χ3n) is 6.66. The minimum atomic E-state index is -1.02. The highest BCUT2D eigenvalue weighted by Gasteiger charge is 2.21. The molecule has 0 aliphatic carbocycles. The number of ether oxygens (including phenoxy) is 4. The molecule has 0 aromatic heterocycles. The fourth-order valence-electron chi connectivity index (χ4n) is 4.28. The van der Waals surface area contributed by atoms with Gasteiger partial charge in [-0.1, -0.05) is 0 Å². The Morgan fingerprint density at radius 2 is 0.822 bits per heavy atom. The molecule has 0 bridgehead atoms. The van der Waals surface area contributed by atoms with Gasteiger partial charge in [-0.2, -0.15) is 0 Å². The quantitative estimate of drug-likeness (QED) is 0.0853. The molecule has 0 radical (unpaired) electrons. The van der Waals surface area contributed by atoms with Crippen LogP contribution in [0.4, 0.5) is 0 Å². The standard InChI is InChI=1S/C28H51N5O12/c1-24(34)2-12-42-14-16-44-18-19-45-17-15-43-13-3-29-25(35)20-30-4-6-31(21-26(36)37)8-10-33(23-28(40)41)11-9-32(7-5-30)22-27(38)39/h2-23H2,1H3,(H,29,35)(H,36,37)(H,38,39)(H,40,41). The Morgan fingerprint density at radius 3 is 1.16 bits per heavy atom. The van der Waals surface area contributed by atoms with Crippen molar-refractivity contribution in [3.05, 3.63) is 0 Å². The minimum Gasteiger partial charge on any atom is -0.480 e. The zero-order valence-electron chi connectivity index (χ0n) is 26.4. The van der Waals surface area contributed by atoms with Gasteiger partial charge >= 0.3 is 17.9 Å². The maximum absolute atomic E-state index is 12.7. The average Bonchev–Trinajstić information content (AvgIpc) is 2.95. The van der Waals surface area contributed by atoms with E-state index in [0.717, 1.165) is 0 Å². The average molecular weight is 650 g/mol. The molecule has 0 aromatic carbocycles. The largest absolute Gasteiger partial charge is 0.480 e. The van der Waals surface area contributed by atoms with Crippen LogP contribution >= 0.6 is 0 Å². The lowest BCUT2D eigenvalue weighted by Gasteiger charge is -2.32. The number of carbonyl (C=O) groups excluding carboxylic acids is 2. The predicted molar refractivity (Wildman–Crippen MR) is 160 cm³/mol. The van der Waals surface area contributed by atoms with Crippen molar-refractivity contribution in [2.75, 3.05) is 138 Å². The summed E-state index contributed by atoms with van der Waals surface area (Å²) < 4.78 is 21.5. The summed E-state index contributed by atoms with van der Waals surface area (Å²) in [6, 6.07) is 0. The molecule has 1 rings (SSSR count). The van der Waals surface area contributed by atoms with Crippen molar-refractivity contribution >= 4 is 29.6 Å². The van der Waals surface area contributed by atoms with E-state index in [2.05, 4.69) is 5.32 Å². The molecule has 1 aliphatic heterocycles. The highest BCUT2D eigenvalue weighted by Crippen LogP contribution is 2.01. The van der Waals surface area contributed by atoms with Crippen LogP contribution < -0.4 is 5.32 Å². The predicted octanol–water partition coefficient (Wildman–Crippen LogP) is -2.38. The number of carboxylic acids is 3. The lowest BCUT2D eigenvalue weighted by Crippen LogP contribution is -2.50. The van der Waals surface area contributed by atoms with E-state index in [1.807, 2.05) is 4.90 Å². The van der Waals surface area contributed by atoms with Gasteiger partial charge in [-0.05, 0) is 6.92 Å². The Kier molecular flexibility index (Phi) is 22.7. The molecule has 1 amide bonds. The Balaban J connectivity index is 2.39. The fourth-order valence-corrected chi connectivity index (χ4v) is 4.28. The smallest absolute Gasteiger partial charge is 0.317 e. The van der Waals surface area contributed by atoms with Crippen LogP contribution in [0.25, 0.3) is 0 Å². The van der Waals surface area contributed by atoms with Gasteiger partial charge in [-0.25, -0.2) is 0 Å². The first-order chi connectivity index (χ1) is 21.5. The van der Waals surface area contributed by atoms with Crippen LogP contribution in [-0.2, 0) is 42.9 Å². The van der Waals surface area contributed by atoms with Crippen LogP contribution in [0.5, 0.6) is 0 Å². The van der Waals surface area contributed by atoms with E-state index >= 15 is 0 Å². The maximum atomic E-state index is 12.7. The molecule has 0 atom stereocenters. The number of carboxylic acid groups (broad SMARTS) is 3. The number of ketones is 1. The summed E-state index contributed by atoms with van der Waals surface area (Å²) in [6.07, 6.45) is 0.397. The molecule has 0 spiro atoms. The molecule has 1 saturated heterocycles. The van der Waals surface area contributed by atoms with Gasteiger partial charge in [0.1, 0.15) is 5.78 Å². The molecule has 1 fully saturated rings. The molecular weight excluding hydrogens is 598 g/mol. The van der Waals surface area contributed by atoms with Crippen LogP contribution in [0.1, 0.15) is 13.3 Å². The summed E-state index contributed by atoms with van der Waals surface area (Å²) in [7, 11) is 0. The van der Waals surface area contributed by atoms with Crippen molar-refractivity contribution in [1.29, 1.82) is 0 Å². The number of nitrogens with one attached hydrogen (secondary N) is 1. The van der Waals surface area contributed by atoms with Gasteiger partial charge in [0.25, 0.3) is 0 Å². The zero-order valence-corrected chi connectivity index (χ0v) is 26.4. The monoisotopic (exact) mass is 649 g/mol. The number of carbonyl (C=O) groups is 5. The van der Waals surface area contributed by atoms with Crippen LogP contribution in [0, 0.1) is 0 Å². The first-order valence-electron chi connectivity index (χ1n) is 15.2. The summed E-state index contributed by atoms with van der Waals surface area (Å²) in [4.78, 5) is 64.5. The van der Waals surface area contributed by atoms with Crippen molar-refractivity contribution in [2.24, 2.45) is 0 Å². The minimum absolute atomic E-state index is 0.0395. The number of rotatable bonds is 23. The van der Waals surface area contributed by atoms with Gasteiger partial charge in [-0.3, -0.25) is 43.6 Å². The topological polar surface area (TPSA) is 208 Å². The van der Waals surface area contributed by atoms with Gasteiger partial charge in [0.05, 0.1) is 79.0 Å². The number of hydrogen-bond donors (Lipinski definition) is 4. The molecule has 0 aromatic rings. The second-order valence-electron chi connectivity index (χ2n) is 10.5. The molecule has 1 heterocycles. The van der Waals surface area contributed by atoms with E-state index in [0.29, 0.717) is 105 Å². The third kappa shape index (κ3) is 24.2. The van der Waals surface area contributed by atoms with E-state index in [9.17, 15) is 39.3 Å². The summed E-state index contributed by atoms with van der Waals surface area (Å²) in [5.41, 5.74) is 0. The van der Waals surface area contributed by atoms with Gasteiger partial charge < -0.3 is 39.6 Å². The lowest BCUT2D eigenvalue weighted by atomic mass is 10.3. The Bertz CT molecular complexity index is 849. The number of nitrogens with zero attached hydrogens (tertiary/aromatic N) is 4. The van der Waals surface area contributed by atoms with Crippen LogP contribution in [-0.4, -0.2) is 202 Å². The lowest BCUT2D eigenvalue weighted by molar-refractivity contribution is -0.140. The Morgan fingerprint density at radius 1 is 0.511 bits per heavy atom. The normalized spacial score (nSPS) is 16.5. The molecule has 45 heavy (non-hydrogen) atoms. The number of amides is 1. The van der Waals surface area contributed by atoms with E-state index in [1.165, 1.54) is 6.92 Å². The third-order valence-corrected chi connectivity index (χ3v) is 6.66. The number of Topliss-reactive ketones (excluding diaryl/α,β-unsaturated/α-hetero) is 1. The SMILES string of the molecule is CC(=O)CCOCCOCCOCCOCCNC(=O)CN1CCN(CC(=O)O)CCN(CC(=O)O)CCN(CC(=O)O)CC1. The molecule has 0 unspecified atom stereocenters. The molecule has 260 valence electrons.